The van der Waals surface area contributed by atoms with E-state index in [9.17, 15) is 0 Å². The van der Waals surface area contributed by atoms with E-state index in [0.29, 0.717) is 17.6 Å². The van der Waals surface area contributed by atoms with Crippen LogP contribution in [0.2, 0.25) is 0 Å². The van der Waals surface area contributed by atoms with Crippen molar-refractivity contribution in [3.05, 3.63) is 54.0 Å². The van der Waals surface area contributed by atoms with Gasteiger partial charge in [-0.05, 0) is 36.7 Å². The molecule has 1 saturated heterocycles. The Balaban J connectivity index is 1.54. The monoisotopic (exact) mass is 365 g/mol. The molecule has 1 aliphatic heterocycles. The first-order valence-electron chi connectivity index (χ1n) is 9.03. The van der Waals surface area contributed by atoms with Gasteiger partial charge in [0.25, 0.3) is 0 Å². The molecule has 3 aromatic rings. The number of hydrogen-bond donors (Lipinski definition) is 1. The molecule has 4 rings (SSSR count). The molecule has 0 radical (unpaired) electrons. The van der Waals surface area contributed by atoms with Crippen molar-refractivity contribution >= 4 is 0 Å². The van der Waals surface area contributed by atoms with E-state index >= 15 is 0 Å². The molecule has 0 spiro atoms. The summed E-state index contributed by atoms with van der Waals surface area (Å²) in [5.74, 6) is 2.41. The number of methoxy groups -OCH3 is 2. The normalized spacial score (nSPS) is 17.2. The van der Waals surface area contributed by atoms with Crippen LogP contribution in [0.1, 0.15) is 23.6 Å². The zero-order valence-electron chi connectivity index (χ0n) is 15.6. The van der Waals surface area contributed by atoms with E-state index in [-0.39, 0.29) is 0 Å². The molecule has 1 unspecified atom stereocenters. The highest BCUT2D eigenvalue weighted by molar-refractivity contribution is 5.65. The number of benzene rings is 1. The van der Waals surface area contributed by atoms with E-state index in [1.54, 1.807) is 26.5 Å². The van der Waals surface area contributed by atoms with Crippen molar-refractivity contribution in [2.45, 2.75) is 18.9 Å². The van der Waals surface area contributed by atoms with Crippen LogP contribution in [0.15, 0.2) is 42.7 Å². The number of hydrogen-bond acceptors (Lipinski definition) is 6. The molecule has 7 nitrogen and oxygen atoms in total. The number of rotatable bonds is 6. The third-order valence-electron chi connectivity index (χ3n) is 4.98. The maximum atomic E-state index is 5.52. The fourth-order valence-corrected chi connectivity index (χ4v) is 3.60. The largest absolute Gasteiger partial charge is 0.496 e. The topological polar surface area (TPSA) is 76.2 Å². The van der Waals surface area contributed by atoms with Gasteiger partial charge in [-0.3, -0.25) is 10.00 Å². The van der Waals surface area contributed by atoms with E-state index in [2.05, 4.69) is 43.3 Å². The van der Waals surface area contributed by atoms with Gasteiger partial charge in [-0.2, -0.15) is 10.1 Å². The predicted molar refractivity (Wildman–Crippen MR) is 102 cm³/mol. The van der Waals surface area contributed by atoms with Crippen LogP contribution in [0.25, 0.3) is 11.4 Å². The van der Waals surface area contributed by atoms with Gasteiger partial charge in [0.15, 0.2) is 5.82 Å². The minimum atomic E-state index is 0.520. The first-order valence-corrected chi connectivity index (χ1v) is 9.03. The SMILES string of the molecule is COc1ccnc(-c2cc(CN3CCC(c4ccn[nH]4)C3)ccc2OC)n1. The fourth-order valence-electron chi connectivity index (χ4n) is 3.60. The minimum Gasteiger partial charge on any atom is -0.496 e. The van der Waals surface area contributed by atoms with Gasteiger partial charge in [0, 0.05) is 43.2 Å². The van der Waals surface area contributed by atoms with Gasteiger partial charge in [0.05, 0.1) is 19.8 Å². The summed E-state index contributed by atoms with van der Waals surface area (Å²) in [7, 11) is 3.26. The highest BCUT2D eigenvalue weighted by Crippen LogP contribution is 2.31. The average Bonchev–Trinajstić information content (AvgIpc) is 3.40. The smallest absolute Gasteiger partial charge is 0.216 e. The first-order chi connectivity index (χ1) is 13.3. The molecular weight excluding hydrogens is 342 g/mol. The van der Waals surface area contributed by atoms with Gasteiger partial charge >= 0.3 is 0 Å². The van der Waals surface area contributed by atoms with E-state index in [1.165, 1.54) is 11.3 Å². The zero-order valence-corrected chi connectivity index (χ0v) is 15.6. The number of nitrogens with zero attached hydrogens (tertiary/aromatic N) is 4. The molecule has 0 aliphatic carbocycles. The van der Waals surface area contributed by atoms with Crippen molar-refractivity contribution in [2.24, 2.45) is 0 Å². The standard InChI is InChI=1S/C20H23N5O2/c1-26-18-4-3-14(11-16(18)20-21-8-6-19(23-20)27-2)12-25-10-7-15(13-25)17-5-9-22-24-17/h3-6,8-9,11,15H,7,10,12-13H2,1-2H3,(H,22,24). The number of ether oxygens (including phenoxy) is 2. The summed E-state index contributed by atoms with van der Waals surface area (Å²) in [6.45, 7) is 2.98. The predicted octanol–water partition coefficient (Wildman–Crippen LogP) is 2.87. The van der Waals surface area contributed by atoms with Gasteiger partial charge in [-0.25, -0.2) is 4.98 Å². The van der Waals surface area contributed by atoms with Crippen molar-refractivity contribution in [1.82, 2.24) is 25.1 Å². The molecule has 7 heteroatoms. The Kier molecular flexibility index (Phi) is 5.02. The zero-order chi connectivity index (χ0) is 18.6. The van der Waals surface area contributed by atoms with Crippen molar-refractivity contribution in [2.75, 3.05) is 27.3 Å². The number of nitrogens with one attached hydrogen (secondary N) is 1. The minimum absolute atomic E-state index is 0.520. The Morgan fingerprint density at radius 2 is 2.07 bits per heavy atom. The molecule has 1 fully saturated rings. The van der Waals surface area contributed by atoms with Crippen LogP contribution >= 0.6 is 0 Å². The molecule has 0 saturated carbocycles. The molecule has 2 aromatic heterocycles. The maximum absolute atomic E-state index is 5.52. The number of likely N-dealkylation sites (tertiary alicyclic amines) is 1. The van der Waals surface area contributed by atoms with E-state index in [1.807, 2.05) is 12.3 Å². The second-order valence-corrected chi connectivity index (χ2v) is 6.69. The maximum Gasteiger partial charge on any atom is 0.216 e. The van der Waals surface area contributed by atoms with E-state index in [0.717, 1.165) is 37.4 Å². The molecule has 0 bridgehead atoms. The number of aromatic nitrogens is 4. The third-order valence-corrected chi connectivity index (χ3v) is 4.98. The summed E-state index contributed by atoms with van der Waals surface area (Å²) < 4.78 is 10.7. The second-order valence-electron chi connectivity index (χ2n) is 6.69. The van der Waals surface area contributed by atoms with Crippen LogP contribution in [-0.2, 0) is 6.54 Å². The van der Waals surface area contributed by atoms with Crippen LogP contribution in [0.5, 0.6) is 11.6 Å². The Labute approximate surface area is 158 Å². The fraction of sp³-hybridized carbons (Fsp3) is 0.350. The summed E-state index contributed by atoms with van der Waals surface area (Å²) in [5, 5.41) is 7.17. The lowest BCUT2D eigenvalue weighted by Crippen LogP contribution is -2.19. The molecular formula is C20H23N5O2. The van der Waals surface area contributed by atoms with Gasteiger partial charge < -0.3 is 9.47 Å². The summed E-state index contributed by atoms with van der Waals surface area (Å²) in [5.41, 5.74) is 3.30. The molecule has 140 valence electrons. The van der Waals surface area contributed by atoms with Crippen LogP contribution in [0, 0.1) is 0 Å². The molecule has 3 heterocycles. The Bertz CT molecular complexity index is 897. The molecule has 27 heavy (non-hydrogen) atoms. The molecule has 1 aromatic carbocycles. The van der Waals surface area contributed by atoms with E-state index < -0.39 is 0 Å². The second kappa shape index (κ2) is 7.75. The van der Waals surface area contributed by atoms with Crippen LogP contribution in [0.3, 0.4) is 0 Å². The lowest BCUT2D eigenvalue weighted by molar-refractivity contribution is 0.326. The van der Waals surface area contributed by atoms with E-state index in [4.69, 9.17) is 9.47 Å². The average molecular weight is 365 g/mol. The highest BCUT2D eigenvalue weighted by Gasteiger charge is 2.25. The Hall–Kier alpha value is -2.93. The molecule has 1 N–H and O–H groups in total. The van der Waals surface area contributed by atoms with Gasteiger partial charge in [0.2, 0.25) is 5.88 Å². The van der Waals surface area contributed by atoms with Gasteiger partial charge in [-0.15, -0.1) is 0 Å². The Morgan fingerprint density at radius 3 is 2.85 bits per heavy atom. The van der Waals surface area contributed by atoms with Crippen molar-refractivity contribution in [3.63, 3.8) is 0 Å². The first kappa shape index (κ1) is 17.5. The lowest BCUT2D eigenvalue weighted by atomic mass is 10.1. The summed E-state index contributed by atoms with van der Waals surface area (Å²) in [4.78, 5) is 11.3. The highest BCUT2D eigenvalue weighted by atomic mass is 16.5. The van der Waals surface area contributed by atoms with Crippen molar-refractivity contribution in [3.8, 4) is 23.0 Å². The number of H-pyrrole nitrogens is 1. The number of aromatic amines is 1. The van der Waals surface area contributed by atoms with Gasteiger partial charge in [-0.1, -0.05) is 6.07 Å². The van der Waals surface area contributed by atoms with Gasteiger partial charge in [0.1, 0.15) is 5.75 Å². The quantitative estimate of drug-likeness (QED) is 0.724. The van der Waals surface area contributed by atoms with Crippen LogP contribution in [0.4, 0.5) is 0 Å². The molecule has 1 aliphatic rings. The summed E-state index contributed by atoms with van der Waals surface area (Å²) >= 11 is 0. The van der Waals surface area contributed by atoms with Crippen molar-refractivity contribution in [1.29, 1.82) is 0 Å². The lowest BCUT2D eigenvalue weighted by Gasteiger charge is -2.17. The Morgan fingerprint density at radius 1 is 1.15 bits per heavy atom. The summed E-state index contributed by atoms with van der Waals surface area (Å²) in [6.07, 6.45) is 4.66. The van der Waals surface area contributed by atoms with Crippen LogP contribution in [-0.4, -0.2) is 52.4 Å². The third kappa shape index (κ3) is 3.78. The molecule has 1 atom stereocenters. The summed E-state index contributed by atoms with van der Waals surface area (Å²) in [6, 6.07) is 10.00. The van der Waals surface area contributed by atoms with Crippen LogP contribution < -0.4 is 9.47 Å². The molecule has 0 amide bonds. The van der Waals surface area contributed by atoms with Crippen molar-refractivity contribution < 1.29 is 9.47 Å².